The van der Waals surface area contributed by atoms with Crippen molar-refractivity contribution in [2.75, 3.05) is 32.7 Å². The Morgan fingerprint density at radius 2 is 1.84 bits per heavy atom. The van der Waals surface area contributed by atoms with Crippen molar-refractivity contribution in [2.45, 2.75) is 39.5 Å². The summed E-state index contributed by atoms with van der Waals surface area (Å²) in [6.45, 7) is 12.7. The summed E-state index contributed by atoms with van der Waals surface area (Å²) in [7, 11) is 0. The third-order valence-electron chi connectivity index (χ3n) is 3.49. The van der Waals surface area contributed by atoms with Gasteiger partial charge in [-0.15, -0.1) is 0 Å². The van der Waals surface area contributed by atoms with Gasteiger partial charge in [0.05, 0.1) is 11.8 Å². The Hall–Kier alpha value is -0.910. The predicted octanol–water partition coefficient (Wildman–Crippen LogP) is 0.791. The smallest absolute Gasteiger partial charge is 0.0718 e. The van der Waals surface area contributed by atoms with Crippen molar-refractivity contribution in [1.82, 2.24) is 19.6 Å². The van der Waals surface area contributed by atoms with Crippen molar-refractivity contribution in [2.24, 2.45) is 0 Å². The van der Waals surface area contributed by atoms with Gasteiger partial charge in [0, 0.05) is 57.6 Å². The zero-order valence-electron chi connectivity index (χ0n) is 12.3. The Morgan fingerprint density at radius 1 is 1.21 bits per heavy atom. The van der Waals surface area contributed by atoms with Gasteiger partial charge in [-0.2, -0.15) is 5.10 Å². The van der Waals surface area contributed by atoms with Gasteiger partial charge in [0.25, 0.3) is 0 Å². The lowest BCUT2D eigenvalue weighted by Gasteiger charge is -2.37. The summed E-state index contributed by atoms with van der Waals surface area (Å²) in [5.41, 5.74) is 0.697. The SMILES string of the molecule is CCn1cc(CN2CCN(CC(C)(C)O)CC2)cn1. The first-order chi connectivity index (χ1) is 8.96. The molecule has 1 aliphatic heterocycles. The molecule has 1 aliphatic rings. The summed E-state index contributed by atoms with van der Waals surface area (Å²) in [5, 5.41) is 14.1. The van der Waals surface area contributed by atoms with E-state index in [1.807, 2.05) is 24.7 Å². The molecule has 0 saturated carbocycles. The lowest BCUT2D eigenvalue weighted by molar-refractivity contribution is 0.0167. The summed E-state index contributed by atoms with van der Waals surface area (Å²) in [5.74, 6) is 0. The Morgan fingerprint density at radius 3 is 2.37 bits per heavy atom. The van der Waals surface area contributed by atoms with E-state index in [0.29, 0.717) is 0 Å². The maximum atomic E-state index is 9.83. The average Bonchev–Trinajstić information content (AvgIpc) is 2.77. The maximum Gasteiger partial charge on any atom is 0.0718 e. The second-order valence-corrected chi connectivity index (χ2v) is 6.07. The summed E-state index contributed by atoms with van der Waals surface area (Å²) >= 11 is 0. The van der Waals surface area contributed by atoms with Crippen LogP contribution in [0.5, 0.6) is 0 Å². The number of piperazine rings is 1. The van der Waals surface area contributed by atoms with Crippen LogP contribution in [-0.4, -0.2) is 63.0 Å². The van der Waals surface area contributed by atoms with Gasteiger partial charge >= 0.3 is 0 Å². The van der Waals surface area contributed by atoms with Crippen molar-refractivity contribution in [3.05, 3.63) is 18.0 Å². The lowest BCUT2D eigenvalue weighted by Crippen LogP contribution is -2.50. The zero-order chi connectivity index (χ0) is 13.9. The summed E-state index contributed by atoms with van der Waals surface area (Å²) in [4.78, 5) is 4.80. The third-order valence-corrected chi connectivity index (χ3v) is 3.49. The molecule has 0 aromatic carbocycles. The highest BCUT2D eigenvalue weighted by Gasteiger charge is 2.22. The largest absolute Gasteiger partial charge is 0.389 e. The van der Waals surface area contributed by atoms with Crippen LogP contribution in [0.1, 0.15) is 26.3 Å². The molecule has 1 fully saturated rings. The van der Waals surface area contributed by atoms with Crippen LogP contribution in [0.25, 0.3) is 0 Å². The number of aliphatic hydroxyl groups is 1. The lowest BCUT2D eigenvalue weighted by atomic mass is 10.1. The molecule has 5 heteroatoms. The predicted molar refractivity (Wildman–Crippen MR) is 75.9 cm³/mol. The molecule has 2 rings (SSSR count). The third kappa shape index (κ3) is 4.60. The van der Waals surface area contributed by atoms with Gasteiger partial charge in [-0.05, 0) is 20.8 Å². The molecule has 2 heterocycles. The van der Waals surface area contributed by atoms with Gasteiger partial charge in [-0.1, -0.05) is 0 Å². The second-order valence-electron chi connectivity index (χ2n) is 6.07. The number of nitrogens with zero attached hydrogens (tertiary/aromatic N) is 4. The van der Waals surface area contributed by atoms with E-state index in [1.54, 1.807) is 0 Å². The zero-order valence-corrected chi connectivity index (χ0v) is 12.3. The molecule has 0 aliphatic carbocycles. The first-order valence-corrected chi connectivity index (χ1v) is 7.15. The standard InChI is InChI=1S/C14H26N4O/c1-4-18-11-13(9-15-18)10-16-5-7-17(8-6-16)12-14(2,3)19/h9,11,19H,4-8,10,12H2,1-3H3. The van der Waals surface area contributed by atoms with E-state index in [0.717, 1.165) is 45.8 Å². The van der Waals surface area contributed by atoms with Crippen LogP contribution < -0.4 is 0 Å². The molecule has 0 atom stereocenters. The number of β-amino-alcohol motifs (C(OH)–C–C–N with tert-alkyl or cyclic N) is 1. The molecule has 108 valence electrons. The molecule has 0 unspecified atom stereocenters. The topological polar surface area (TPSA) is 44.5 Å². The molecule has 1 aromatic heterocycles. The van der Waals surface area contributed by atoms with Crippen molar-refractivity contribution < 1.29 is 5.11 Å². The molecule has 1 saturated heterocycles. The molecule has 0 spiro atoms. The van der Waals surface area contributed by atoms with E-state index in [4.69, 9.17) is 0 Å². The molecular weight excluding hydrogens is 240 g/mol. The monoisotopic (exact) mass is 266 g/mol. The molecule has 0 radical (unpaired) electrons. The number of aromatic nitrogens is 2. The van der Waals surface area contributed by atoms with Crippen molar-refractivity contribution in [3.63, 3.8) is 0 Å². The fourth-order valence-corrected chi connectivity index (χ4v) is 2.57. The highest BCUT2D eigenvalue weighted by molar-refractivity contribution is 5.03. The molecule has 0 amide bonds. The molecule has 1 aromatic rings. The van der Waals surface area contributed by atoms with E-state index in [1.165, 1.54) is 5.56 Å². The summed E-state index contributed by atoms with van der Waals surface area (Å²) < 4.78 is 1.97. The van der Waals surface area contributed by atoms with E-state index < -0.39 is 5.60 Å². The maximum absolute atomic E-state index is 9.83. The molecular formula is C14H26N4O. The Balaban J connectivity index is 1.77. The normalized spacial score (nSPS) is 18.9. The highest BCUT2D eigenvalue weighted by atomic mass is 16.3. The van der Waals surface area contributed by atoms with Crippen LogP contribution >= 0.6 is 0 Å². The molecule has 5 nitrogen and oxygen atoms in total. The van der Waals surface area contributed by atoms with E-state index in [-0.39, 0.29) is 0 Å². The highest BCUT2D eigenvalue weighted by Crippen LogP contribution is 2.11. The van der Waals surface area contributed by atoms with Crippen molar-refractivity contribution >= 4 is 0 Å². The minimum absolute atomic E-state index is 0.593. The number of rotatable bonds is 5. The Kier molecular flexibility index (Phi) is 4.60. The summed E-state index contributed by atoms with van der Waals surface area (Å²) in [6, 6.07) is 0. The van der Waals surface area contributed by atoms with Gasteiger partial charge in [0.2, 0.25) is 0 Å². The van der Waals surface area contributed by atoms with Crippen LogP contribution in [-0.2, 0) is 13.1 Å². The van der Waals surface area contributed by atoms with E-state index in [2.05, 4.69) is 28.0 Å². The minimum Gasteiger partial charge on any atom is -0.389 e. The van der Waals surface area contributed by atoms with Crippen LogP contribution in [0.2, 0.25) is 0 Å². The van der Waals surface area contributed by atoms with Gasteiger partial charge in [0.1, 0.15) is 0 Å². The summed E-state index contributed by atoms with van der Waals surface area (Å²) in [6.07, 6.45) is 4.09. The molecule has 0 bridgehead atoms. The number of hydrogen-bond donors (Lipinski definition) is 1. The van der Waals surface area contributed by atoms with Crippen molar-refractivity contribution in [1.29, 1.82) is 0 Å². The number of hydrogen-bond acceptors (Lipinski definition) is 4. The van der Waals surface area contributed by atoms with Crippen LogP contribution in [0.4, 0.5) is 0 Å². The first-order valence-electron chi connectivity index (χ1n) is 7.15. The van der Waals surface area contributed by atoms with E-state index in [9.17, 15) is 5.11 Å². The van der Waals surface area contributed by atoms with Gasteiger partial charge < -0.3 is 5.11 Å². The van der Waals surface area contributed by atoms with Gasteiger partial charge in [0.15, 0.2) is 0 Å². The fourth-order valence-electron chi connectivity index (χ4n) is 2.57. The minimum atomic E-state index is -0.593. The van der Waals surface area contributed by atoms with Crippen LogP contribution in [0.3, 0.4) is 0 Å². The van der Waals surface area contributed by atoms with Gasteiger partial charge in [-0.25, -0.2) is 0 Å². The van der Waals surface area contributed by atoms with Crippen LogP contribution in [0.15, 0.2) is 12.4 Å². The quantitative estimate of drug-likeness (QED) is 0.856. The Labute approximate surface area is 115 Å². The molecule has 19 heavy (non-hydrogen) atoms. The first kappa shape index (κ1) is 14.5. The number of aryl methyl sites for hydroxylation is 1. The Bertz CT molecular complexity index is 388. The molecule has 1 N–H and O–H groups in total. The van der Waals surface area contributed by atoms with Crippen LogP contribution in [0, 0.1) is 0 Å². The second kappa shape index (κ2) is 6.03. The average molecular weight is 266 g/mol. The van der Waals surface area contributed by atoms with Gasteiger partial charge in [-0.3, -0.25) is 14.5 Å². The van der Waals surface area contributed by atoms with E-state index >= 15 is 0 Å². The van der Waals surface area contributed by atoms with Crippen molar-refractivity contribution in [3.8, 4) is 0 Å². The fraction of sp³-hybridized carbons (Fsp3) is 0.786.